The Bertz CT molecular complexity index is 1350. The smallest absolute Gasteiger partial charge is 0.276 e. The van der Waals surface area contributed by atoms with Crippen LogP contribution in [0.25, 0.3) is 0 Å². The number of carbonyl (C=O) groups excluding carboxylic acids is 3. The summed E-state index contributed by atoms with van der Waals surface area (Å²) in [7, 11) is 3.01. The molecule has 3 amide bonds. The summed E-state index contributed by atoms with van der Waals surface area (Å²) in [4.78, 5) is 51.6. The van der Waals surface area contributed by atoms with Gasteiger partial charge in [-0.1, -0.05) is 0 Å². The van der Waals surface area contributed by atoms with Crippen LogP contribution in [0.4, 0.5) is 15.8 Å². The Balaban J connectivity index is 1.44. The summed E-state index contributed by atoms with van der Waals surface area (Å²) in [5, 5.41) is 2.76. The molecule has 1 unspecified atom stereocenters. The number of methoxy groups -OCH3 is 1. The van der Waals surface area contributed by atoms with Gasteiger partial charge in [-0.2, -0.15) is 0 Å². The maximum Gasteiger partial charge on any atom is 0.276 e. The third-order valence-corrected chi connectivity index (χ3v) is 6.36. The van der Waals surface area contributed by atoms with E-state index in [4.69, 9.17) is 9.15 Å². The maximum absolute atomic E-state index is 14.2. The number of anilines is 2. The molecule has 0 saturated carbocycles. The Hall–Kier alpha value is -4.48. The minimum absolute atomic E-state index is 0.116. The van der Waals surface area contributed by atoms with Crippen molar-refractivity contribution in [1.29, 1.82) is 0 Å². The topological polar surface area (TPSA) is 121 Å². The summed E-state index contributed by atoms with van der Waals surface area (Å²) in [6, 6.07) is 7.01. The van der Waals surface area contributed by atoms with Crippen molar-refractivity contribution in [2.75, 3.05) is 50.6 Å². The molecule has 1 N–H and O–H groups in total. The molecule has 0 aliphatic carbocycles. The normalized spacial score (nSPS) is 15.2. The van der Waals surface area contributed by atoms with E-state index in [9.17, 15) is 18.8 Å². The second-order valence-electron chi connectivity index (χ2n) is 9.00. The first kappa shape index (κ1) is 26.6. The number of benzene rings is 1. The van der Waals surface area contributed by atoms with E-state index in [1.165, 1.54) is 43.8 Å². The molecule has 0 spiro atoms. The summed E-state index contributed by atoms with van der Waals surface area (Å²) in [5.41, 5.74) is 1.35. The molecular weight excluding hydrogens is 495 g/mol. The molecule has 1 aliphatic rings. The molecular formula is C26H29FN6O5. The monoisotopic (exact) mass is 524 g/mol. The van der Waals surface area contributed by atoms with Crippen LogP contribution in [-0.4, -0.2) is 83.9 Å². The minimum atomic E-state index is -0.539. The number of piperazine rings is 1. The van der Waals surface area contributed by atoms with Crippen LogP contribution in [0.3, 0.4) is 0 Å². The van der Waals surface area contributed by atoms with Crippen molar-refractivity contribution in [2.45, 2.75) is 19.9 Å². The van der Waals surface area contributed by atoms with E-state index in [1.54, 1.807) is 30.0 Å². The summed E-state index contributed by atoms with van der Waals surface area (Å²) in [6.45, 7) is 4.61. The number of aryl methyl sites for hydroxylation is 1. The number of ether oxygens (including phenoxy) is 1. The highest BCUT2D eigenvalue weighted by molar-refractivity contribution is 6.08. The SMILES string of the molecule is COc1cc(NC(=O)c2cc(F)ccc2N2CCN(C(=O)CN(C)C(=O)c3ncoc3C)C(C)C2)ccn1. The van der Waals surface area contributed by atoms with Gasteiger partial charge >= 0.3 is 0 Å². The minimum Gasteiger partial charge on any atom is -0.481 e. The number of halogens is 1. The molecule has 0 bridgehead atoms. The zero-order chi connectivity index (χ0) is 27.4. The van der Waals surface area contributed by atoms with Gasteiger partial charge in [0.25, 0.3) is 11.8 Å². The molecule has 1 atom stereocenters. The molecule has 0 radical (unpaired) electrons. The van der Waals surface area contributed by atoms with E-state index >= 15 is 0 Å². The van der Waals surface area contributed by atoms with Crippen LogP contribution in [0.15, 0.2) is 47.3 Å². The van der Waals surface area contributed by atoms with Gasteiger partial charge in [-0.25, -0.2) is 14.4 Å². The zero-order valence-corrected chi connectivity index (χ0v) is 21.6. The lowest BCUT2D eigenvalue weighted by Crippen LogP contribution is -2.56. The number of hydrogen-bond donors (Lipinski definition) is 1. The van der Waals surface area contributed by atoms with Gasteiger partial charge in [0.2, 0.25) is 11.8 Å². The number of carbonyl (C=O) groups is 3. The third kappa shape index (κ3) is 5.74. The predicted molar refractivity (Wildman–Crippen MR) is 137 cm³/mol. The molecule has 3 heterocycles. The Labute approximate surface area is 219 Å². The standard InChI is InChI=1S/C26H29FN6O5/c1-16-13-32(9-10-33(16)23(34)14-31(3)26(36)24-17(2)38-15-29-24)21-6-5-18(27)11-20(21)25(35)30-19-7-8-28-22(12-19)37-4/h5-8,11-12,15-16H,9-10,13-14H2,1-4H3,(H,28,30,35). The molecule has 1 aliphatic heterocycles. The van der Waals surface area contributed by atoms with Gasteiger partial charge in [0.1, 0.15) is 11.6 Å². The number of nitrogens with zero attached hydrogens (tertiary/aromatic N) is 5. The molecule has 1 fully saturated rings. The molecule has 2 aromatic heterocycles. The number of pyridine rings is 1. The van der Waals surface area contributed by atoms with Crippen molar-refractivity contribution in [2.24, 2.45) is 0 Å². The van der Waals surface area contributed by atoms with Crippen molar-refractivity contribution in [3.8, 4) is 5.88 Å². The molecule has 4 rings (SSSR count). The fourth-order valence-electron chi connectivity index (χ4n) is 4.37. The lowest BCUT2D eigenvalue weighted by molar-refractivity contribution is -0.134. The fourth-order valence-corrected chi connectivity index (χ4v) is 4.37. The largest absolute Gasteiger partial charge is 0.481 e. The fraction of sp³-hybridized carbons (Fsp3) is 0.346. The molecule has 3 aromatic rings. The number of aromatic nitrogens is 2. The van der Waals surface area contributed by atoms with Crippen molar-refractivity contribution in [3.05, 3.63) is 65.8 Å². The van der Waals surface area contributed by atoms with Crippen LogP contribution < -0.4 is 15.0 Å². The highest BCUT2D eigenvalue weighted by atomic mass is 19.1. The van der Waals surface area contributed by atoms with Crippen LogP contribution in [0.2, 0.25) is 0 Å². The van der Waals surface area contributed by atoms with Gasteiger partial charge in [0, 0.05) is 56.4 Å². The predicted octanol–water partition coefficient (Wildman–Crippen LogP) is 2.59. The van der Waals surface area contributed by atoms with Crippen LogP contribution in [-0.2, 0) is 4.79 Å². The van der Waals surface area contributed by atoms with Gasteiger partial charge in [0.05, 0.1) is 19.2 Å². The van der Waals surface area contributed by atoms with Crippen molar-refractivity contribution in [3.63, 3.8) is 0 Å². The van der Waals surface area contributed by atoms with E-state index < -0.39 is 17.6 Å². The molecule has 11 nitrogen and oxygen atoms in total. The number of oxazole rings is 1. The maximum atomic E-state index is 14.2. The first-order valence-electron chi connectivity index (χ1n) is 12.0. The number of nitrogens with one attached hydrogen (secondary N) is 1. The highest BCUT2D eigenvalue weighted by Crippen LogP contribution is 2.26. The molecule has 38 heavy (non-hydrogen) atoms. The second-order valence-corrected chi connectivity index (χ2v) is 9.00. The number of likely N-dealkylation sites (N-methyl/N-ethyl adjacent to an activating group) is 1. The van der Waals surface area contributed by atoms with E-state index in [2.05, 4.69) is 15.3 Å². The molecule has 1 saturated heterocycles. The highest BCUT2D eigenvalue weighted by Gasteiger charge is 2.31. The van der Waals surface area contributed by atoms with Crippen LogP contribution in [0, 0.1) is 12.7 Å². The van der Waals surface area contributed by atoms with E-state index in [0.717, 1.165) is 0 Å². The summed E-state index contributed by atoms with van der Waals surface area (Å²) in [6.07, 6.45) is 2.69. The number of rotatable bonds is 7. The Kier molecular flexibility index (Phi) is 7.89. The Morgan fingerprint density at radius 3 is 2.68 bits per heavy atom. The lowest BCUT2D eigenvalue weighted by Gasteiger charge is -2.42. The van der Waals surface area contributed by atoms with E-state index in [-0.39, 0.29) is 29.8 Å². The zero-order valence-electron chi connectivity index (χ0n) is 21.6. The van der Waals surface area contributed by atoms with Crippen LogP contribution in [0.1, 0.15) is 33.5 Å². The van der Waals surface area contributed by atoms with Crippen molar-refractivity contribution in [1.82, 2.24) is 19.8 Å². The van der Waals surface area contributed by atoms with Gasteiger partial charge in [-0.15, -0.1) is 0 Å². The van der Waals surface area contributed by atoms with Gasteiger partial charge in [0.15, 0.2) is 12.1 Å². The summed E-state index contributed by atoms with van der Waals surface area (Å²) in [5.74, 6) is -0.910. The first-order chi connectivity index (χ1) is 18.2. The number of hydrogen-bond acceptors (Lipinski definition) is 8. The Morgan fingerprint density at radius 1 is 1.21 bits per heavy atom. The Morgan fingerprint density at radius 2 is 2.00 bits per heavy atom. The summed E-state index contributed by atoms with van der Waals surface area (Å²) < 4.78 is 24.3. The van der Waals surface area contributed by atoms with Gasteiger partial charge < -0.3 is 29.2 Å². The molecule has 1 aromatic carbocycles. The van der Waals surface area contributed by atoms with Gasteiger partial charge in [-0.05, 0) is 38.1 Å². The van der Waals surface area contributed by atoms with E-state index in [1.807, 2.05) is 11.8 Å². The van der Waals surface area contributed by atoms with Crippen LogP contribution in [0.5, 0.6) is 5.88 Å². The average Bonchev–Trinajstić information content (AvgIpc) is 3.33. The third-order valence-electron chi connectivity index (χ3n) is 6.36. The first-order valence-corrected chi connectivity index (χ1v) is 12.0. The van der Waals surface area contributed by atoms with Crippen molar-refractivity contribution < 1.29 is 27.9 Å². The molecule has 200 valence electrons. The van der Waals surface area contributed by atoms with Gasteiger partial charge in [-0.3, -0.25) is 14.4 Å². The average molecular weight is 525 g/mol. The second kappa shape index (κ2) is 11.3. The quantitative estimate of drug-likeness (QED) is 0.501. The molecule has 12 heteroatoms. The number of amides is 3. The van der Waals surface area contributed by atoms with Crippen molar-refractivity contribution >= 4 is 29.1 Å². The van der Waals surface area contributed by atoms with Crippen LogP contribution >= 0.6 is 0 Å². The van der Waals surface area contributed by atoms with E-state index in [0.29, 0.717) is 42.6 Å². The summed E-state index contributed by atoms with van der Waals surface area (Å²) >= 11 is 0. The lowest BCUT2D eigenvalue weighted by atomic mass is 10.1.